The molecule has 1 unspecified atom stereocenters. The molecule has 174 valence electrons. The predicted octanol–water partition coefficient (Wildman–Crippen LogP) is 2.55. The molecular formula is C22H42IN5O2. The van der Waals surface area contributed by atoms with E-state index in [2.05, 4.69) is 29.0 Å². The van der Waals surface area contributed by atoms with E-state index in [1.54, 1.807) is 0 Å². The normalized spacial score (nSPS) is 22.3. The van der Waals surface area contributed by atoms with Crippen molar-refractivity contribution in [2.75, 3.05) is 59.0 Å². The van der Waals surface area contributed by atoms with Gasteiger partial charge in [-0.15, -0.1) is 24.0 Å². The highest BCUT2D eigenvalue weighted by atomic mass is 127. The number of likely N-dealkylation sites (tertiary alicyclic amines) is 1. The van der Waals surface area contributed by atoms with Crippen LogP contribution in [0, 0.1) is 0 Å². The van der Waals surface area contributed by atoms with Crippen LogP contribution in [-0.4, -0.2) is 97.7 Å². The number of nitrogens with zero attached hydrogens (tertiary/aromatic N) is 4. The van der Waals surface area contributed by atoms with Gasteiger partial charge in [0, 0.05) is 59.0 Å². The second kappa shape index (κ2) is 13.7. The smallest absolute Gasteiger partial charge is 0.239 e. The fourth-order valence-corrected chi connectivity index (χ4v) is 4.66. The van der Waals surface area contributed by atoms with Crippen LogP contribution in [-0.2, 0) is 9.53 Å². The van der Waals surface area contributed by atoms with Crippen LogP contribution in [0.5, 0.6) is 0 Å². The summed E-state index contributed by atoms with van der Waals surface area (Å²) in [6.07, 6.45) is 8.88. The lowest BCUT2D eigenvalue weighted by Crippen LogP contribution is -2.57. The number of halogens is 1. The van der Waals surface area contributed by atoms with Gasteiger partial charge in [0.2, 0.25) is 5.91 Å². The summed E-state index contributed by atoms with van der Waals surface area (Å²) < 4.78 is 5.95. The Hall–Kier alpha value is -0.610. The van der Waals surface area contributed by atoms with Gasteiger partial charge in [0.1, 0.15) is 0 Å². The first-order chi connectivity index (χ1) is 14.2. The van der Waals surface area contributed by atoms with E-state index in [1.165, 1.54) is 25.7 Å². The summed E-state index contributed by atoms with van der Waals surface area (Å²) in [6, 6.07) is -0.0116. The number of amides is 1. The van der Waals surface area contributed by atoms with Gasteiger partial charge < -0.3 is 19.9 Å². The van der Waals surface area contributed by atoms with E-state index in [0.29, 0.717) is 12.0 Å². The number of rotatable bonds is 8. The summed E-state index contributed by atoms with van der Waals surface area (Å²) >= 11 is 0. The molecule has 1 atom stereocenters. The first kappa shape index (κ1) is 25.6. The van der Waals surface area contributed by atoms with Crippen molar-refractivity contribution >= 4 is 35.8 Å². The van der Waals surface area contributed by atoms with E-state index in [-0.39, 0.29) is 30.0 Å². The zero-order valence-corrected chi connectivity index (χ0v) is 21.3. The molecule has 7 nitrogen and oxygen atoms in total. The summed E-state index contributed by atoms with van der Waals surface area (Å²) in [4.78, 5) is 24.2. The van der Waals surface area contributed by atoms with Crippen LogP contribution in [0.1, 0.15) is 58.8 Å². The summed E-state index contributed by atoms with van der Waals surface area (Å²) in [5.74, 6) is 1.31. The molecule has 0 bridgehead atoms. The van der Waals surface area contributed by atoms with Crippen molar-refractivity contribution in [1.82, 2.24) is 20.0 Å². The molecule has 2 heterocycles. The SMILES string of the molecule is CCNC(=NCCCOC1CCCC1)N1CCN(C(C)C(=O)N2CCCC2)CC1.I. The zero-order chi connectivity index (χ0) is 20.5. The van der Waals surface area contributed by atoms with Crippen molar-refractivity contribution in [3.05, 3.63) is 0 Å². The molecule has 8 heteroatoms. The minimum atomic E-state index is -0.0116. The fourth-order valence-electron chi connectivity index (χ4n) is 4.66. The van der Waals surface area contributed by atoms with Crippen molar-refractivity contribution < 1.29 is 9.53 Å². The van der Waals surface area contributed by atoms with E-state index >= 15 is 0 Å². The molecule has 3 aliphatic rings. The molecule has 1 amide bonds. The molecule has 3 rings (SSSR count). The van der Waals surface area contributed by atoms with Gasteiger partial charge >= 0.3 is 0 Å². The Kier molecular flexibility index (Phi) is 11.7. The summed E-state index contributed by atoms with van der Waals surface area (Å²) in [7, 11) is 0. The number of carbonyl (C=O) groups is 1. The van der Waals surface area contributed by atoms with Crippen molar-refractivity contribution in [3.63, 3.8) is 0 Å². The Labute approximate surface area is 200 Å². The molecule has 3 fully saturated rings. The largest absolute Gasteiger partial charge is 0.378 e. The minimum Gasteiger partial charge on any atom is -0.378 e. The highest BCUT2D eigenvalue weighted by Crippen LogP contribution is 2.20. The number of hydrogen-bond donors (Lipinski definition) is 1. The maximum absolute atomic E-state index is 12.7. The van der Waals surface area contributed by atoms with Crippen LogP contribution >= 0.6 is 24.0 Å². The third kappa shape index (κ3) is 7.51. The van der Waals surface area contributed by atoms with Gasteiger partial charge in [-0.3, -0.25) is 14.7 Å². The number of aliphatic imine (C=N–C) groups is 1. The van der Waals surface area contributed by atoms with Crippen LogP contribution in [0.3, 0.4) is 0 Å². The first-order valence-corrected chi connectivity index (χ1v) is 11.9. The zero-order valence-electron chi connectivity index (χ0n) is 19.0. The molecule has 0 aromatic carbocycles. The van der Waals surface area contributed by atoms with Gasteiger partial charge in [-0.05, 0) is 46.0 Å². The van der Waals surface area contributed by atoms with Crippen molar-refractivity contribution in [2.45, 2.75) is 70.9 Å². The van der Waals surface area contributed by atoms with E-state index in [9.17, 15) is 4.79 Å². The van der Waals surface area contributed by atoms with Gasteiger partial charge in [0.05, 0.1) is 12.1 Å². The average Bonchev–Trinajstić information content (AvgIpc) is 3.46. The second-order valence-electron chi connectivity index (χ2n) is 8.60. The van der Waals surface area contributed by atoms with Gasteiger partial charge in [-0.1, -0.05) is 12.8 Å². The van der Waals surface area contributed by atoms with Crippen molar-refractivity contribution in [1.29, 1.82) is 0 Å². The highest BCUT2D eigenvalue weighted by molar-refractivity contribution is 14.0. The first-order valence-electron chi connectivity index (χ1n) is 11.9. The monoisotopic (exact) mass is 535 g/mol. The van der Waals surface area contributed by atoms with E-state index in [4.69, 9.17) is 9.73 Å². The lowest BCUT2D eigenvalue weighted by molar-refractivity contribution is -0.135. The van der Waals surface area contributed by atoms with Gasteiger partial charge in [-0.25, -0.2) is 0 Å². The van der Waals surface area contributed by atoms with Gasteiger partial charge in [0.25, 0.3) is 0 Å². The summed E-state index contributed by atoms with van der Waals surface area (Å²) in [6.45, 7) is 12.2. The molecule has 1 N–H and O–H groups in total. The molecule has 2 saturated heterocycles. The Morgan fingerprint density at radius 1 is 1.03 bits per heavy atom. The van der Waals surface area contributed by atoms with Crippen LogP contribution in [0.15, 0.2) is 4.99 Å². The minimum absolute atomic E-state index is 0. The lowest BCUT2D eigenvalue weighted by Gasteiger charge is -2.39. The van der Waals surface area contributed by atoms with Crippen LogP contribution in [0.2, 0.25) is 0 Å². The molecular weight excluding hydrogens is 493 g/mol. The number of carbonyl (C=O) groups excluding carboxylic acids is 1. The number of piperazine rings is 1. The maximum atomic E-state index is 12.7. The molecule has 0 aromatic rings. The maximum Gasteiger partial charge on any atom is 0.239 e. The van der Waals surface area contributed by atoms with Crippen LogP contribution in [0.25, 0.3) is 0 Å². The average molecular weight is 536 g/mol. The molecule has 30 heavy (non-hydrogen) atoms. The number of nitrogens with one attached hydrogen (secondary N) is 1. The van der Waals surface area contributed by atoms with Crippen LogP contribution in [0.4, 0.5) is 0 Å². The molecule has 0 aromatic heterocycles. The second-order valence-corrected chi connectivity index (χ2v) is 8.60. The lowest BCUT2D eigenvalue weighted by atomic mass is 10.2. The number of hydrogen-bond acceptors (Lipinski definition) is 4. The topological polar surface area (TPSA) is 60.4 Å². The molecule has 1 aliphatic carbocycles. The third-order valence-electron chi connectivity index (χ3n) is 6.49. The molecule has 0 spiro atoms. The van der Waals surface area contributed by atoms with E-state index in [0.717, 1.165) is 84.2 Å². The van der Waals surface area contributed by atoms with Crippen LogP contribution < -0.4 is 5.32 Å². The van der Waals surface area contributed by atoms with Gasteiger partial charge in [0.15, 0.2) is 5.96 Å². The van der Waals surface area contributed by atoms with Crippen molar-refractivity contribution in [2.24, 2.45) is 4.99 Å². The quantitative estimate of drug-likeness (QED) is 0.224. The standard InChI is InChI=1S/C22H41N5O2.HI/c1-3-23-22(24-11-8-18-29-20-9-4-5-10-20)27-16-14-25(15-17-27)19(2)21(28)26-12-6-7-13-26;/h19-20H,3-18H2,1-2H3,(H,23,24);1H. The predicted molar refractivity (Wildman–Crippen MR) is 133 cm³/mol. The number of guanidine groups is 1. The van der Waals surface area contributed by atoms with E-state index < -0.39 is 0 Å². The summed E-state index contributed by atoms with van der Waals surface area (Å²) in [5.41, 5.74) is 0. The highest BCUT2D eigenvalue weighted by Gasteiger charge is 2.30. The third-order valence-corrected chi connectivity index (χ3v) is 6.49. The van der Waals surface area contributed by atoms with E-state index in [1.807, 2.05) is 4.90 Å². The Balaban J connectivity index is 0.00000320. The van der Waals surface area contributed by atoms with Crippen molar-refractivity contribution in [3.8, 4) is 0 Å². The molecule has 0 radical (unpaired) electrons. The van der Waals surface area contributed by atoms with Gasteiger partial charge in [-0.2, -0.15) is 0 Å². The Morgan fingerprint density at radius 3 is 2.33 bits per heavy atom. The summed E-state index contributed by atoms with van der Waals surface area (Å²) in [5, 5.41) is 3.44. The Morgan fingerprint density at radius 2 is 1.70 bits per heavy atom. The molecule has 2 aliphatic heterocycles. The fraction of sp³-hybridized carbons (Fsp3) is 0.909. The Bertz CT molecular complexity index is 528. The number of ether oxygens (including phenoxy) is 1. The molecule has 1 saturated carbocycles.